The number of aliphatic imine (C=N–C) groups is 1. The highest BCUT2D eigenvalue weighted by molar-refractivity contribution is 6.23. The summed E-state index contributed by atoms with van der Waals surface area (Å²) in [6.07, 6.45) is -0.316. The van der Waals surface area contributed by atoms with E-state index < -0.39 is 0 Å². The number of nitrogens with one attached hydrogen (secondary N) is 1. The second-order valence-electron chi connectivity index (χ2n) is 10.6. The Kier molecular flexibility index (Phi) is 4.74. The Hall–Kier alpha value is -4.83. The first kappa shape index (κ1) is 22.2. The molecule has 1 aliphatic rings. The van der Waals surface area contributed by atoms with Crippen LogP contribution in [0.2, 0.25) is 0 Å². The molecule has 8 rings (SSSR count). The highest BCUT2D eigenvalue weighted by Crippen LogP contribution is 2.41. The molecule has 0 radical (unpaired) electrons. The zero-order valence-electron chi connectivity index (χ0n) is 21.8. The fourth-order valence-corrected chi connectivity index (χ4v) is 6.08. The number of anilines is 1. The smallest absolute Gasteiger partial charge is 0.201 e. The van der Waals surface area contributed by atoms with Gasteiger partial charge in [0.05, 0.1) is 22.1 Å². The van der Waals surface area contributed by atoms with Gasteiger partial charge in [-0.25, -0.2) is 4.99 Å². The third-order valence-corrected chi connectivity index (χ3v) is 8.03. The second-order valence-corrected chi connectivity index (χ2v) is 10.6. The third-order valence-electron chi connectivity index (χ3n) is 8.03. The van der Waals surface area contributed by atoms with E-state index in [1.807, 2.05) is 12.1 Å². The molecule has 0 spiro atoms. The summed E-state index contributed by atoms with van der Waals surface area (Å²) in [5.41, 5.74) is 9.70. The molecule has 1 unspecified atom stereocenters. The summed E-state index contributed by atoms with van der Waals surface area (Å²) in [6.45, 7) is 4.45. The lowest BCUT2D eigenvalue weighted by Gasteiger charge is -2.28. The summed E-state index contributed by atoms with van der Waals surface area (Å²) < 4.78 is 8.80. The molecule has 2 aromatic heterocycles. The van der Waals surface area contributed by atoms with Crippen molar-refractivity contribution in [2.24, 2.45) is 4.99 Å². The molecule has 0 fully saturated rings. The molecule has 0 amide bonds. The van der Waals surface area contributed by atoms with E-state index in [1.54, 1.807) is 0 Å². The molecule has 188 valence electrons. The van der Waals surface area contributed by atoms with E-state index in [-0.39, 0.29) is 6.29 Å². The summed E-state index contributed by atoms with van der Waals surface area (Å²) in [5, 5.41) is 8.29. The SMILES string of the molecule is CC(C)c1ccc(C2=NC(n3c4ccccc4c4c5oc6ccccc6c5ccc43)Nc3ccccc32)cc1. The van der Waals surface area contributed by atoms with Gasteiger partial charge in [-0.15, -0.1) is 0 Å². The van der Waals surface area contributed by atoms with Crippen molar-refractivity contribution in [3.05, 3.63) is 126 Å². The molecule has 39 heavy (non-hydrogen) atoms. The minimum atomic E-state index is -0.316. The van der Waals surface area contributed by atoms with E-state index in [1.165, 1.54) is 5.56 Å². The molecular formula is C35H27N3O. The van der Waals surface area contributed by atoms with Gasteiger partial charge >= 0.3 is 0 Å². The van der Waals surface area contributed by atoms with Gasteiger partial charge in [0.1, 0.15) is 11.2 Å². The number of furan rings is 1. The van der Waals surface area contributed by atoms with Crippen LogP contribution in [0.1, 0.15) is 42.7 Å². The lowest BCUT2D eigenvalue weighted by Crippen LogP contribution is -2.24. The van der Waals surface area contributed by atoms with Gasteiger partial charge in [0.25, 0.3) is 0 Å². The average molecular weight is 506 g/mol. The van der Waals surface area contributed by atoms with Crippen LogP contribution in [-0.4, -0.2) is 10.3 Å². The topological polar surface area (TPSA) is 42.5 Å². The molecule has 5 aromatic carbocycles. The number of para-hydroxylation sites is 3. The largest absolute Gasteiger partial charge is 0.455 e. The Morgan fingerprint density at radius 2 is 1.46 bits per heavy atom. The van der Waals surface area contributed by atoms with Crippen molar-refractivity contribution in [3.8, 4) is 0 Å². The van der Waals surface area contributed by atoms with Gasteiger partial charge in [-0.3, -0.25) is 0 Å². The summed E-state index contributed by atoms with van der Waals surface area (Å²) >= 11 is 0. The van der Waals surface area contributed by atoms with E-state index in [4.69, 9.17) is 9.41 Å². The van der Waals surface area contributed by atoms with Crippen LogP contribution < -0.4 is 5.32 Å². The third kappa shape index (κ3) is 3.28. The van der Waals surface area contributed by atoms with Gasteiger partial charge < -0.3 is 14.3 Å². The summed E-state index contributed by atoms with van der Waals surface area (Å²) in [4.78, 5) is 5.37. The number of nitrogens with zero attached hydrogens (tertiary/aromatic N) is 2. The number of rotatable bonds is 3. The maximum Gasteiger partial charge on any atom is 0.201 e. The van der Waals surface area contributed by atoms with Crippen molar-refractivity contribution >= 4 is 55.1 Å². The number of hydrogen-bond acceptors (Lipinski definition) is 3. The van der Waals surface area contributed by atoms with E-state index in [0.717, 1.165) is 66.3 Å². The Bertz CT molecular complexity index is 2080. The second kappa shape index (κ2) is 8.34. The van der Waals surface area contributed by atoms with Crippen LogP contribution >= 0.6 is 0 Å². The average Bonchev–Trinajstić information content (AvgIpc) is 3.52. The van der Waals surface area contributed by atoms with Gasteiger partial charge in [-0.1, -0.05) is 92.7 Å². The summed E-state index contributed by atoms with van der Waals surface area (Å²) in [6, 6.07) is 38.5. The van der Waals surface area contributed by atoms with Crippen molar-refractivity contribution < 1.29 is 4.42 Å². The maximum absolute atomic E-state index is 6.48. The molecule has 0 saturated heterocycles. The Morgan fingerprint density at radius 3 is 2.31 bits per heavy atom. The number of fused-ring (bicyclic) bond motifs is 8. The van der Waals surface area contributed by atoms with Crippen LogP contribution in [0.5, 0.6) is 0 Å². The normalized spacial score (nSPS) is 15.3. The molecule has 0 aliphatic carbocycles. The zero-order chi connectivity index (χ0) is 26.1. The fraction of sp³-hybridized carbons (Fsp3) is 0.114. The maximum atomic E-state index is 6.48. The van der Waals surface area contributed by atoms with Crippen LogP contribution in [0.15, 0.2) is 119 Å². The molecule has 0 bridgehead atoms. The Morgan fingerprint density at radius 1 is 0.718 bits per heavy atom. The van der Waals surface area contributed by atoms with Crippen molar-refractivity contribution in [1.82, 2.24) is 4.57 Å². The predicted octanol–water partition coefficient (Wildman–Crippen LogP) is 9.24. The van der Waals surface area contributed by atoms with E-state index >= 15 is 0 Å². The molecule has 1 atom stereocenters. The van der Waals surface area contributed by atoms with E-state index in [9.17, 15) is 0 Å². The molecule has 7 aromatic rings. The van der Waals surface area contributed by atoms with Crippen LogP contribution in [0.4, 0.5) is 5.69 Å². The standard InChI is InChI=1S/C35H27N3O/c1-21(2)22-15-17-23(18-16-22)33-26-10-3-6-12-28(26)36-35(37-33)38-29-13-7-4-11-27(29)32-30(38)20-19-25-24-9-5-8-14-31(24)39-34(25)32/h3-21,35-36H,1-2H3. The van der Waals surface area contributed by atoms with Crippen molar-refractivity contribution in [2.75, 3.05) is 5.32 Å². The first-order valence-corrected chi connectivity index (χ1v) is 13.5. The highest BCUT2D eigenvalue weighted by Gasteiger charge is 2.26. The van der Waals surface area contributed by atoms with Gasteiger partial charge in [0.15, 0.2) is 0 Å². The van der Waals surface area contributed by atoms with Crippen molar-refractivity contribution in [2.45, 2.75) is 26.1 Å². The first-order chi connectivity index (χ1) is 19.2. The lowest BCUT2D eigenvalue weighted by molar-refractivity contribution is 0.624. The van der Waals surface area contributed by atoms with Gasteiger partial charge in [-0.05, 0) is 41.8 Å². The quantitative estimate of drug-likeness (QED) is 0.260. The van der Waals surface area contributed by atoms with E-state index in [0.29, 0.717) is 5.92 Å². The Balaban J connectivity index is 1.39. The number of aromatic nitrogens is 1. The van der Waals surface area contributed by atoms with Crippen LogP contribution in [0, 0.1) is 0 Å². The molecular weight excluding hydrogens is 478 g/mol. The monoisotopic (exact) mass is 505 g/mol. The lowest BCUT2D eigenvalue weighted by atomic mass is 9.96. The van der Waals surface area contributed by atoms with Crippen molar-refractivity contribution in [1.29, 1.82) is 0 Å². The molecule has 4 nitrogen and oxygen atoms in total. The van der Waals surface area contributed by atoms with Crippen LogP contribution in [-0.2, 0) is 0 Å². The first-order valence-electron chi connectivity index (χ1n) is 13.5. The predicted molar refractivity (Wildman–Crippen MR) is 162 cm³/mol. The molecule has 1 aliphatic heterocycles. The van der Waals surface area contributed by atoms with Crippen LogP contribution in [0.3, 0.4) is 0 Å². The molecule has 0 saturated carbocycles. The number of hydrogen-bond donors (Lipinski definition) is 1. The van der Waals surface area contributed by atoms with Crippen molar-refractivity contribution in [3.63, 3.8) is 0 Å². The molecule has 1 N–H and O–H groups in total. The highest BCUT2D eigenvalue weighted by atomic mass is 16.3. The summed E-state index contributed by atoms with van der Waals surface area (Å²) in [5.74, 6) is 0.488. The van der Waals surface area contributed by atoms with Crippen LogP contribution in [0.25, 0.3) is 43.7 Å². The zero-order valence-corrected chi connectivity index (χ0v) is 21.8. The summed E-state index contributed by atoms with van der Waals surface area (Å²) in [7, 11) is 0. The Labute approximate surface area is 226 Å². The molecule has 4 heteroatoms. The minimum absolute atomic E-state index is 0.316. The van der Waals surface area contributed by atoms with Gasteiger partial charge in [0.2, 0.25) is 6.29 Å². The molecule has 3 heterocycles. The number of benzene rings is 5. The van der Waals surface area contributed by atoms with E-state index in [2.05, 4.69) is 121 Å². The van der Waals surface area contributed by atoms with Gasteiger partial charge in [-0.2, -0.15) is 0 Å². The van der Waals surface area contributed by atoms with Gasteiger partial charge in [0, 0.05) is 33.0 Å². The fourth-order valence-electron chi connectivity index (χ4n) is 6.08. The minimum Gasteiger partial charge on any atom is -0.455 e.